The molecule has 2 amide bonds. The summed E-state index contributed by atoms with van der Waals surface area (Å²) in [4.78, 5) is 24.0. The minimum atomic E-state index is -0.0561. The van der Waals surface area contributed by atoms with Crippen LogP contribution in [-0.2, 0) is 31.9 Å². The van der Waals surface area contributed by atoms with E-state index < -0.39 is 0 Å². The smallest absolute Gasteiger partial charge is 0.246 e. The van der Waals surface area contributed by atoms with Crippen LogP contribution in [0.5, 0.6) is 0 Å². The first-order valence-electron chi connectivity index (χ1n) is 14.4. The Labute approximate surface area is 256 Å². The summed E-state index contributed by atoms with van der Waals surface area (Å²) in [7, 11) is 3.09. The van der Waals surface area contributed by atoms with Crippen molar-refractivity contribution in [1.82, 2.24) is 10.6 Å². The van der Waals surface area contributed by atoms with Gasteiger partial charge in [0, 0.05) is 26.1 Å². The number of carbonyl (C=O) groups is 2. The molecule has 42 heavy (non-hydrogen) atoms. The number of benzene rings is 2. The number of fused-ring (bicyclic) bond motifs is 2. The Balaban J connectivity index is 0.000000168. The van der Waals surface area contributed by atoms with Crippen molar-refractivity contribution in [2.75, 3.05) is 27.4 Å². The Morgan fingerprint density at radius 3 is 1.50 bits per heavy atom. The van der Waals surface area contributed by atoms with Crippen molar-refractivity contribution in [3.8, 4) is 0 Å². The number of carbonyl (C=O) groups excluding carboxylic acids is 2. The van der Waals surface area contributed by atoms with Gasteiger partial charge in [-0.2, -0.15) is 22.7 Å². The summed E-state index contributed by atoms with van der Waals surface area (Å²) in [5.74, 6) is 0.567. The molecule has 2 heterocycles. The molecule has 2 aromatic heterocycles. The lowest BCUT2D eigenvalue weighted by atomic mass is 9.77. The molecule has 0 bridgehead atoms. The van der Waals surface area contributed by atoms with Crippen molar-refractivity contribution in [3.63, 3.8) is 0 Å². The molecule has 0 saturated carbocycles. The number of hydrogen-bond donors (Lipinski definition) is 2. The molecule has 6 nitrogen and oxygen atoms in total. The Bertz CT molecular complexity index is 1330. The van der Waals surface area contributed by atoms with Crippen LogP contribution in [0.3, 0.4) is 0 Å². The van der Waals surface area contributed by atoms with Gasteiger partial charge in [-0.15, -0.1) is 0 Å². The summed E-state index contributed by atoms with van der Waals surface area (Å²) in [6.07, 6.45) is 4.25. The van der Waals surface area contributed by atoms with Crippen molar-refractivity contribution >= 4 is 34.5 Å². The van der Waals surface area contributed by atoms with Crippen LogP contribution in [0.4, 0.5) is 0 Å². The summed E-state index contributed by atoms with van der Waals surface area (Å²) in [5.41, 5.74) is 7.79. The van der Waals surface area contributed by atoms with Gasteiger partial charge in [0.2, 0.25) is 11.8 Å². The number of rotatable bonds is 8. The highest BCUT2D eigenvalue weighted by molar-refractivity contribution is 7.08. The first-order valence-corrected chi connectivity index (χ1v) is 16.2. The minimum absolute atomic E-state index is 0.0344. The molecule has 4 atom stereocenters. The third-order valence-electron chi connectivity index (χ3n) is 8.16. The van der Waals surface area contributed by atoms with Crippen LogP contribution < -0.4 is 10.6 Å². The second kappa shape index (κ2) is 14.7. The molecular formula is C34H38N2O4S2. The van der Waals surface area contributed by atoms with Gasteiger partial charge < -0.3 is 20.1 Å². The van der Waals surface area contributed by atoms with E-state index in [1.165, 1.54) is 33.4 Å². The number of amides is 2. The van der Waals surface area contributed by atoms with E-state index in [2.05, 4.69) is 80.7 Å². The van der Waals surface area contributed by atoms with Crippen molar-refractivity contribution in [3.05, 3.63) is 116 Å². The molecular weight excluding hydrogens is 565 g/mol. The highest BCUT2D eigenvalue weighted by Crippen LogP contribution is 2.42. The number of hydrogen-bond acceptors (Lipinski definition) is 6. The summed E-state index contributed by atoms with van der Waals surface area (Å²) in [6, 6.07) is 21.2. The average Bonchev–Trinajstić information content (AvgIpc) is 3.74. The average molecular weight is 603 g/mol. The molecule has 4 aromatic rings. The van der Waals surface area contributed by atoms with E-state index in [1.54, 1.807) is 36.9 Å². The molecule has 0 radical (unpaired) electrons. The van der Waals surface area contributed by atoms with Crippen LogP contribution in [0.25, 0.3) is 0 Å². The van der Waals surface area contributed by atoms with Crippen molar-refractivity contribution in [2.24, 2.45) is 0 Å². The number of methoxy groups -OCH3 is 2. The van der Waals surface area contributed by atoms with Crippen LogP contribution in [0.1, 0.15) is 70.1 Å². The predicted octanol–water partition coefficient (Wildman–Crippen LogP) is 6.56. The highest BCUT2D eigenvalue weighted by atomic mass is 32.1. The summed E-state index contributed by atoms with van der Waals surface area (Å²) in [6.45, 7) is 0.212. The second-order valence-electron chi connectivity index (χ2n) is 10.8. The Kier molecular flexibility index (Phi) is 10.6. The maximum atomic E-state index is 12.0. The first kappa shape index (κ1) is 30.2. The topological polar surface area (TPSA) is 76.7 Å². The summed E-state index contributed by atoms with van der Waals surface area (Å²) < 4.78 is 9.90. The lowest BCUT2D eigenvalue weighted by Gasteiger charge is -2.34. The number of nitrogens with one attached hydrogen (secondary N) is 2. The quantitative estimate of drug-likeness (QED) is 0.239. The fourth-order valence-electron chi connectivity index (χ4n) is 6.26. The van der Waals surface area contributed by atoms with E-state index in [-0.39, 0.29) is 37.1 Å². The predicted molar refractivity (Wildman–Crippen MR) is 169 cm³/mol. The van der Waals surface area contributed by atoms with E-state index in [0.717, 1.165) is 25.7 Å². The molecule has 0 saturated heterocycles. The number of thiophene rings is 2. The molecule has 0 fully saturated rings. The van der Waals surface area contributed by atoms with Crippen molar-refractivity contribution in [1.29, 1.82) is 0 Å². The van der Waals surface area contributed by atoms with Gasteiger partial charge in [0.05, 0.1) is 12.1 Å². The maximum Gasteiger partial charge on any atom is 0.246 e. The lowest BCUT2D eigenvalue weighted by molar-refractivity contribution is -0.126. The van der Waals surface area contributed by atoms with Crippen molar-refractivity contribution in [2.45, 2.75) is 49.6 Å². The van der Waals surface area contributed by atoms with Gasteiger partial charge in [-0.1, -0.05) is 48.5 Å². The molecule has 0 unspecified atom stereocenters. The minimum Gasteiger partial charge on any atom is -0.375 e. The van der Waals surface area contributed by atoms with E-state index >= 15 is 0 Å². The lowest BCUT2D eigenvalue weighted by Crippen LogP contribution is -2.37. The fourth-order valence-corrected chi connectivity index (χ4v) is 7.71. The van der Waals surface area contributed by atoms with Gasteiger partial charge in [-0.3, -0.25) is 9.59 Å². The third kappa shape index (κ3) is 7.18. The second-order valence-corrected chi connectivity index (χ2v) is 12.3. The molecule has 6 rings (SSSR count). The van der Waals surface area contributed by atoms with Gasteiger partial charge in [0.25, 0.3) is 0 Å². The van der Waals surface area contributed by atoms with Crippen LogP contribution in [0.2, 0.25) is 0 Å². The van der Waals surface area contributed by atoms with E-state index in [9.17, 15) is 9.59 Å². The van der Waals surface area contributed by atoms with Gasteiger partial charge in [0.1, 0.15) is 13.2 Å². The Hall–Kier alpha value is -3.30. The van der Waals surface area contributed by atoms with Gasteiger partial charge >= 0.3 is 0 Å². The Morgan fingerprint density at radius 2 is 1.12 bits per heavy atom. The van der Waals surface area contributed by atoms with Crippen LogP contribution in [0.15, 0.2) is 82.2 Å². The van der Waals surface area contributed by atoms with Crippen LogP contribution in [0, 0.1) is 0 Å². The molecule has 0 aliphatic heterocycles. The third-order valence-corrected chi connectivity index (χ3v) is 9.56. The monoisotopic (exact) mass is 602 g/mol. The highest BCUT2D eigenvalue weighted by Gasteiger charge is 2.33. The maximum absolute atomic E-state index is 12.0. The Morgan fingerprint density at radius 1 is 0.690 bits per heavy atom. The molecule has 2 N–H and O–H groups in total. The molecule has 2 aliphatic rings. The SMILES string of the molecule is COCC(=O)N[C@H]1c2ccccc2CC[C@@H]1c1ccsc1.COCC(=O)N[C@H]1c2ccccc2CC[C@@H]1c1ccsc1. The van der Waals surface area contributed by atoms with Gasteiger partial charge in [0.15, 0.2) is 0 Å². The van der Waals surface area contributed by atoms with E-state index in [0.29, 0.717) is 11.8 Å². The number of ether oxygens (including phenoxy) is 2. The van der Waals surface area contributed by atoms with Crippen LogP contribution in [-0.4, -0.2) is 39.2 Å². The van der Waals surface area contributed by atoms with Crippen molar-refractivity contribution < 1.29 is 19.1 Å². The normalized spacial score (nSPS) is 20.8. The molecule has 2 aliphatic carbocycles. The molecule has 220 valence electrons. The molecule has 0 spiro atoms. The van der Waals surface area contributed by atoms with E-state index in [4.69, 9.17) is 9.47 Å². The fraction of sp³-hybridized carbons (Fsp3) is 0.353. The molecule has 8 heteroatoms. The molecule has 2 aromatic carbocycles. The zero-order valence-corrected chi connectivity index (χ0v) is 25.7. The number of aryl methyl sites for hydroxylation is 2. The van der Waals surface area contributed by atoms with Gasteiger partial charge in [-0.25, -0.2) is 0 Å². The standard InChI is InChI=1S/2C17H19NO2S/c2*1-20-10-16(19)18-17-14-5-3-2-4-12(14)6-7-15(17)13-8-9-21-11-13/h2*2-5,8-9,11,15,17H,6-7,10H2,1H3,(H,18,19)/t2*15-,17+/m11/s1. The summed E-state index contributed by atoms with van der Waals surface area (Å²) >= 11 is 3.42. The zero-order valence-electron chi connectivity index (χ0n) is 24.1. The summed E-state index contributed by atoms with van der Waals surface area (Å²) in [5, 5.41) is 14.9. The largest absolute Gasteiger partial charge is 0.375 e. The van der Waals surface area contributed by atoms with Gasteiger partial charge in [-0.05, 0) is 92.7 Å². The zero-order chi connectivity index (χ0) is 29.3. The van der Waals surface area contributed by atoms with Crippen LogP contribution >= 0.6 is 22.7 Å². The van der Waals surface area contributed by atoms with E-state index in [1.807, 2.05) is 12.1 Å². The first-order chi connectivity index (χ1) is 20.6.